The molecule has 2 radical (unpaired) electrons. The number of benzene rings is 3. The molecular weight excluding hydrogens is 694 g/mol. The third-order valence-electron chi connectivity index (χ3n) is 10.2. The second kappa shape index (κ2) is 17.7. The van der Waals surface area contributed by atoms with E-state index in [4.69, 9.17) is 24.4 Å². The van der Waals surface area contributed by atoms with Crippen molar-refractivity contribution in [3.8, 4) is 28.5 Å². The molecule has 10 heteroatoms. The van der Waals surface area contributed by atoms with Crippen molar-refractivity contribution in [1.29, 1.82) is 0 Å². The predicted octanol–water partition coefficient (Wildman–Crippen LogP) is 7.74. The summed E-state index contributed by atoms with van der Waals surface area (Å²) in [6.07, 6.45) is 14.4. The molecule has 1 aliphatic rings. The van der Waals surface area contributed by atoms with E-state index in [1.807, 2.05) is 112 Å². The summed E-state index contributed by atoms with van der Waals surface area (Å²) >= 11 is 0. The Labute approximate surface area is 338 Å². The Balaban J connectivity index is 1.27. The van der Waals surface area contributed by atoms with Crippen LogP contribution in [-0.2, 0) is 0 Å². The normalized spacial score (nSPS) is 13.9. The molecule has 0 amide bonds. The van der Waals surface area contributed by atoms with E-state index >= 15 is 0 Å². The summed E-state index contributed by atoms with van der Waals surface area (Å²) in [7, 11) is 4.37. The number of hydrogen-bond acceptors (Lipinski definition) is 5. The van der Waals surface area contributed by atoms with Gasteiger partial charge < -0.3 is 4.57 Å². The molecule has 274 valence electrons. The van der Waals surface area contributed by atoms with E-state index in [-0.39, 0.29) is 6.71 Å². The SMILES string of the molecule is C=C/C=C\c1c([B]C)c(/C=C(\[B]C)C2=CB(C)C(c3nc(=C/C(=BC)c4nc(-c5ccccc5)nc(-c5ccccc5)n4)/c(=C\C)o3)=C2)c(C)n1-c1ccccc1. The zero-order valence-electron chi connectivity index (χ0n) is 33.4. The van der Waals surface area contributed by atoms with Gasteiger partial charge in [-0.2, -0.15) is 0 Å². The van der Waals surface area contributed by atoms with E-state index in [2.05, 4.69) is 102 Å². The zero-order valence-corrected chi connectivity index (χ0v) is 33.4. The average Bonchev–Trinajstić information content (AvgIpc) is 3.93. The van der Waals surface area contributed by atoms with Gasteiger partial charge in [-0.3, -0.25) is 0 Å². The van der Waals surface area contributed by atoms with Crippen LogP contribution in [0.5, 0.6) is 0 Å². The van der Waals surface area contributed by atoms with Crippen LogP contribution in [0.3, 0.4) is 0 Å². The fourth-order valence-electron chi connectivity index (χ4n) is 7.24. The maximum atomic E-state index is 6.49. The van der Waals surface area contributed by atoms with E-state index in [1.165, 1.54) is 11.0 Å². The Morgan fingerprint density at radius 3 is 2.04 bits per heavy atom. The molecule has 3 aromatic heterocycles. The molecular formula is C47H43B4N5O. The minimum Gasteiger partial charge on any atom is -0.314 e. The average molecular weight is 737 g/mol. The van der Waals surface area contributed by atoms with Gasteiger partial charge in [-0.05, 0) is 25.1 Å². The second-order valence-electron chi connectivity index (χ2n) is 13.7. The minimum absolute atomic E-state index is 0.0874. The zero-order chi connectivity index (χ0) is 39.9. The Kier molecular flexibility index (Phi) is 12.1. The molecule has 4 heterocycles. The molecule has 0 bridgehead atoms. The van der Waals surface area contributed by atoms with Gasteiger partial charge in [0.05, 0.1) is 0 Å². The number of oxazole rings is 1. The number of para-hydroxylation sites is 1. The smallest absolute Gasteiger partial charge is 0.314 e. The van der Waals surface area contributed by atoms with Crippen LogP contribution in [0.1, 0.15) is 35.6 Å². The van der Waals surface area contributed by atoms with Gasteiger partial charge in [0.15, 0.2) is 7.28 Å². The maximum absolute atomic E-state index is 6.49. The summed E-state index contributed by atoms with van der Waals surface area (Å²) in [5.74, 6) is 4.66. The first-order valence-corrected chi connectivity index (χ1v) is 19.4. The Hall–Kier alpha value is -6.27. The third-order valence-corrected chi connectivity index (χ3v) is 10.2. The van der Waals surface area contributed by atoms with Crippen molar-refractivity contribution in [1.82, 2.24) is 24.5 Å². The van der Waals surface area contributed by atoms with E-state index in [0.29, 0.717) is 34.1 Å². The number of aromatic nitrogens is 5. The van der Waals surface area contributed by atoms with E-state index in [0.717, 1.165) is 50.2 Å². The number of nitrogens with zero attached hydrogens (tertiary/aromatic N) is 5. The summed E-state index contributed by atoms with van der Waals surface area (Å²) < 4.78 is 8.81. The quantitative estimate of drug-likeness (QED) is 0.0950. The van der Waals surface area contributed by atoms with Crippen LogP contribution in [0.2, 0.25) is 27.3 Å². The molecule has 0 aliphatic carbocycles. The van der Waals surface area contributed by atoms with Crippen LogP contribution in [-0.4, -0.2) is 58.2 Å². The Bertz CT molecular complexity index is 2650. The Morgan fingerprint density at radius 1 is 0.842 bits per heavy atom. The number of hydrogen-bond donors (Lipinski definition) is 0. The van der Waals surface area contributed by atoms with Gasteiger partial charge in [0.1, 0.15) is 0 Å². The molecule has 6 aromatic rings. The van der Waals surface area contributed by atoms with Crippen LogP contribution in [0.4, 0.5) is 0 Å². The molecule has 57 heavy (non-hydrogen) atoms. The van der Waals surface area contributed by atoms with Gasteiger partial charge in [0.25, 0.3) is 0 Å². The van der Waals surface area contributed by atoms with Crippen LogP contribution < -0.4 is 16.2 Å². The van der Waals surface area contributed by atoms with Crippen molar-refractivity contribution in [3.05, 3.63) is 172 Å². The van der Waals surface area contributed by atoms with Gasteiger partial charge in [-0.1, -0.05) is 43.8 Å². The van der Waals surface area contributed by atoms with Crippen LogP contribution >= 0.6 is 0 Å². The van der Waals surface area contributed by atoms with E-state index in [9.17, 15) is 0 Å². The standard InChI is InChI=1S/C47H43B4N5O/c1-8-10-26-41-43(50-6)36(31(3)56(41)35-24-18-13-19-25-35)28-37(48-4)34-27-39(51(7)30-34)47-52-40(42(9-2)57-47)29-38(49-5)46-54-44(32-20-14-11-15-21-32)53-45(55-46)33-22-16-12-17-23-33/h8-30H,1H2,2-7H3/b26-10-,37-28-,40-29+,42-9+. The summed E-state index contributed by atoms with van der Waals surface area (Å²) in [5.41, 5.74) is 12.4. The first-order chi connectivity index (χ1) is 27.9. The van der Waals surface area contributed by atoms with Gasteiger partial charge in [-0.15, -0.1) is 0 Å². The van der Waals surface area contributed by atoms with Crippen LogP contribution in [0.25, 0.3) is 58.2 Å². The monoisotopic (exact) mass is 737 g/mol. The number of allylic oxidation sites excluding steroid dienone is 5. The first-order valence-electron chi connectivity index (χ1n) is 19.4. The third kappa shape index (κ3) is 8.17. The molecule has 1 aliphatic heterocycles. The fraction of sp³-hybridized carbons (Fsp3) is 0.128. The summed E-state index contributed by atoms with van der Waals surface area (Å²) in [6.45, 7) is 18.5. The summed E-state index contributed by atoms with van der Waals surface area (Å²) in [6, 6.07) is 30.5. The molecule has 0 N–H and O–H groups in total. The topological polar surface area (TPSA) is 69.6 Å². The van der Waals surface area contributed by atoms with Crippen molar-refractivity contribution < 1.29 is 4.42 Å². The van der Waals surface area contributed by atoms with E-state index in [1.54, 1.807) is 0 Å². The van der Waals surface area contributed by atoms with Crippen molar-refractivity contribution >= 4 is 68.9 Å². The van der Waals surface area contributed by atoms with Gasteiger partial charge in [0.2, 0.25) is 0 Å². The second-order valence-corrected chi connectivity index (χ2v) is 13.7. The molecule has 0 atom stereocenters. The number of rotatable bonds is 12. The Morgan fingerprint density at radius 2 is 1.47 bits per heavy atom. The summed E-state index contributed by atoms with van der Waals surface area (Å²) in [5, 5.41) is 0.712. The molecule has 0 saturated carbocycles. The van der Waals surface area contributed by atoms with Gasteiger partial charge >= 0.3 is 248 Å². The molecule has 0 unspecified atom stereocenters. The fourth-order valence-corrected chi connectivity index (χ4v) is 7.24. The van der Waals surface area contributed by atoms with Gasteiger partial charge in [-0.25, -0.2) is 0 Å². The predicted molar refractivity (Wildman–Crippen MR) is 245 cm³/mol. The van der Waals surface area contributed by atoms with Crippen molar-refractivity contribution in [3.63, 3.8) is 0 Å². The molecule has 0 spiro atoms. The van der Waals surface area contributed by atoms with Crippen molar-refractivity contribution in [2.24, 2.45) is 0 Å². The first kappa shape index (κ1) is 39.0. The molecule has 7 rings (SSSR count). The summed E-state index contributed by atoms with van der Waals surface area (Å²) in [4.78, 5) is 19.8. The van der Waals surface area contributed by atoms with Gasteiger partial charge in [0, 0.05) is 11.4 Å². The van der Waals surface area contributed by atoms with Crippen molar-refractivity contribution in [2.45, 2.75) is 41.1 Å². The minimum atomic E-state index is 0.0874. The van der Waals surface area contributed by atoms with Crippen LogP contribution in [0.15, 0.2) is 137 Å². The van der Waals surface area contributed by atoms with E-state index < -0.39 is 0 Å². The van der Waals surface area contributed by atoms with Crippen LogP contribution in [0, 0.1) is 6.92 Å². The molecule has 3 aromatic carbocycles. The molecule has 6 nitrogen and oxygen atoms in total. The molecule has 0 fully saturated rings. The van der Waals surface area contributed by atoms with Crippen molar-refractivity contribution in [2.75, 3.05) is 0 Å². The molecule has 0 saturated heterocycles.